The van der Waals surface area contributed by atoms with Crippen LogP contribution in [0.15, 0.2) is 28.8 Å². The summed E-state index contributed by atoms with van der Waals surface area (Å²) in [5.74, 6) is 3.20. The van der Waals surface area contributed by atoms with Gasteiger partial charge in [-0.1, -0.05) is 5.16 Å². The number of Topliss-reactive ketones (excluding diaryl/α,β-unsaturated/α-hetero) is 1. The molecular weight excluding hydrogens is 396 g/mol. The molecule has 4 aliphatic carbocycles. The second-order valence-corrected chi connectivity index (χ2v) is 9.65. The number of hydrogen-bond acceptors (Lipinski definition) is 7. The van der Waals surface area contributed by atoms with Crippen LogP contribution in [0.5, 0.6) is 5.75 Å². The number of ketones is 1. The quantitative estimate of drug-likeness (QED) is 0.612. The zero-order valence-corrected chi connectivity index (χ0v) is 18.0. The van der Waals surface area contributed by atoms with Crippen LogP contribution >= 0.6 is 0 Å². The smallest absolute Gasteiger partial charge is 0.338 e. The fraction of sp³-hybridized carbons (Fsp3) is 0.583. The van der Waals surface area contributed by atoms with Crippen molar-refractivity contribution in [2.24, 2.45) is 23.2 Å². The number of benzene rings is 1. The van der Waals surface area contributed by atoms with Crippen LogP contribution in [0.3, 0.4) is 0 Å². The summed E-state index contributed by atoms with van der Waals surface area (Å²) in [5, 5.41) is 3.78. The van der Waals surface area contributed by atoms with Gasteiger partial charge in [-0.2, -0.15) is 4.98 Å². The molecule has 0 unspecified atom stereocenters. The highest BCUT2D eigenvalue weighted by molar-refractivity contribution is 5.94. The van der Waals surface area contributed by atoms with E-state index in [2.05, 4.69) is 10.1 Å². The summed E-state index contributed by atoms with van der Waals surface area (Å²) in [6.07, 6.45) is 6.05. The van der Waals surface area contributed by atoms with E-state index in [4.69, 9.17) is 14.0 Å². The lowest BCUT2D eigenvalue weighted by atomic mass is 9.48. The number of carbonyl (C=O) groups is 2. The zero-order chi connectivity index (χ0) is 21.6. The van der Waals surface area contributed by atoms with E-state index in [-0.39, 0.29) is 17.8 Å². The van der Waals surface area contributed by atoms with Gasteiger partial charge in [0.1, 0.15) is 5.75 Å². The summed E-state index contributed by atoms with van der Waals surface area (Å²) in [6.45, 7) is 3.62. The first-order valence-corrected chi connectivity index (χ1v) is 11.2. The molecule has 7 nitrogen and oxygen atoms in total. The Balaban J connectivity index is 1.18. The van der Waals surface area contributed by atoms with Gasteiger partial charge < -0.3 is 14.0 Å². The van der Waals surface area contributed by atoms with Gasteiger partial charge in [-0.25, -0.2) is 4.79 Å². The van der Waals surface area contributed by atoms with Crippen molar-refractivity contribution in [3.63, 3.8) is 0 Å². The molecule has 0 radical (unpaired) electrons. The SMILES string of the molecule is Cc1nc(COc2ccc(C(=O)O[C@H](C)C(=O)C34CC5CC(CC(C5)C3)C4)cc2)no1. The Kier molecular flexibility index (Phi) is 5.07. The van der Waals surface area contributed by atoms with Gasteiger partial charge in [0.2, 0.25) is 11.7 Å². The Labute approximate surface area is 181 Å². The first-order valence-electron chi connectivity index (χ1n) is 11.2. The molecule has 0 amide bonds. The maximum absolute atomic E-state index is 13.3. The van der Waals surface area contributed by atoms with E-state index in [1.54, 1.807) is 38.1 Å². The van der Waals surface area contributed by atoms with E-state index in [1.807, 2.05) is 0 Å². The number of carbonyl (C=O) groups excluding carboxylic acids is 2. The molecule has 6 rings (SSSR count). The minimum atomic E-state index is -0.721. The fourth-order valence-electron chi connectivity index (χ4n) is 6.36. The maximum Gasteiger partial charge on any atom is 0.338 e. The topological polar surface area (TPSA) is 91.5 Å². The predicted molar refractivity (Wildman–Crippen MR) is 110 cm³/mol. The molecule has 0 saturated heterocycles. The Morgan fingerprint density at radius 3 is 2.26 bits per heavy atom. The molecule has 4 saturated carbocycles. The molecule has 1 aromatic heterocycles. The fourth-order valence-corrected chi connectivity index (χ4v) is 6.36. The first-order chi connectivity index (χ1) is 14.9. The van der Waals surface area contributed by atoms with Crippen LogP contribution in [0.4, 0.5) is 0 Å². The predicted octanol–water partition coefficient (Wildman–Crippen LogP) is 4.29. The number of rotatable bonds is 7. The van der Waals surface area contributed by atoms with Gasteiger partial charge in [0.25, 0.3) is 0 Å². The minimum absolute atomic E-state index is 0.121. The van der Waals surface area contributed by atoms with Crippen molar-refractivity contribution in [1.29, 1.82) is 0 Å². The van der Waals surface area contributed by atoms with E-state index in [0.29, 0.717) is 40.8 Å². The van der Waals surface area contributed by atoms with Crippen LogP contribution in [-0.4, -0.2) is 28.0 Å². The number of aryl methyl sites for hydroxylation is 1. The van der Waals surface area contributed by atoms with Gasteiger partial charge >= 0.3 is 5.97 Å². The van der Waals surface area contributed by atoms with E-state index in [0.717, 1.165) is 19.3 Å². The molecule has 1 heterocycles. The Bertz CT molecular complexity index is 945. The van der Waals surface area contributed by atoms with Gasteiger partial charge in [0.15, 0.2) is 18.5 Å². The van der Waals surface area contributed by atoms with Crippen molar-refractivity contribution >= 4 is 11.8 Å². The van der Waals surface area contributed by atoms with Crippen molar-refractivity contribution in [3.8, 4) is 5.75 Å². The van der Waals surface area contributed by atoms with E-state index in [9.17, 15) is 9.59 Å². The van der Waals surface area contributed by atoms with Crippen LogP contribution in [0.2, 0.25) is 0 Å². The molecule has 0 aliphatic heterocycles. The van der Waals surface area contributed by atoms with Gasteiger partial charge in [-0.15, -0.1) is 0 Å². The molecule has 1 atom stereocenters. The molecule has 0 spiro atoms. The molecule has 1 aromatic carbocycles. The lowest BCUT2D eigenvalue weighted by molar-refractivity contribution is -0.152. The zero-order valence-electron chi connectivity index (χ0n) is 18.0. The Hall–Kier alpha value is -2.70. The highest BCUT2D eigenvalue weighted by atomic mass is 16.5. The summed E-state index contributed by atoms with van der Waals surface area (Å²) in [7, 11) is 0. The molecule has 2 aromatic rings. The summed E-state index contributed by atoms with van der Waals surface area (Å²) in [4.78, 5) is 30.0. The van der Waals surface area contributed by atoms with Gasteiger partial charge in [0.05, 0.1) is 5.56 Å². The summed E-state index contributed by atoms with van der Waals surface area (Å²) in [5.41, 5.74) is 0.132. The normalized spacial score (nSPS) is 29.5. The highest BCUT2D eigenvalue weighted by Crippen LogP contribution is 2.60. The standard InChI is InChI=1S/C24H28N2O5/c1-14(22(27)24-10-16-7-17(11-24)9-18(8-16)12-24)30-23(28)19-3-5-20(6-4-19)29-13-21-25-15(2)31-26-21/h3-6,14,16-18H,7-13H2,1-2H3/t14-,16?,17?,18?,24?/m1/s1. The average Bonchev–Trinajstić information content (AvgIpc) is 3.16. The van der Waals surface area contributed by atoms with E-state index >= 15 is 0 Å². The molecule has 4 bridgehead atoms. The third-order valence-corrected chi connectivity index (χ3v) is 7.24. The molecule has 4 fully saturated rings. The lowest BCUT2D eigenvalue weighted by Gasteiger charge is -2.56. The Morgan fingerprint density at radius 1 is 1.10 bits per heavy atom. The van der Waals surface area contributed by atoms with Crippen LogP contribution in [0.1, 0.15) is 67.5 Å². The van der Waals surface area contributed by atoms with Crippen molar-refractivity contribution < 1.29 is 23.6 Å². The maximum atomic E-state index is 13.3. The van der Waals surface area contributed by atoms with E-state index < -0.39 is 12.1 Å². The second kappa shape index (κ2) is 7.77. The minimum Gasteiger partial charge on any atom is -0.485 e. The van der Waals surface area contributed by atoms with Gasteiger partial charge in [-0.3, -0.25) is 4.79 Å². The van der Waals surface area contributed by atoms with Crippen LogP contribution < -0.4 is 4.74 Å². The number of hydrogen-bond donors (Lipinski definition) is 0. The summed E-state index contributed by atoms with van der Waals surface area (Å²) < 4.78 is 16.1. The summed E-state index contributed by atoms with van der Waals surface area (Å²) in [6, 6.07) is 6.66. The molecule has 31 heavy (non-hydrogen) atoms. The third-order valence-electron chi connectivity index (χ3n) is 7.24. The first kappa shape index (κ1) is 20.2. The highest BCUT2D eigenvalue weighted by Gasteiger charge is 2.55. The number of nitrogens with zero attached hydrogens (tertiary/aromatic N) is 2. The lowest BCUT2D eigenvalue weighted by Crippen LogP contribution is -2.52. The summed E-state index contributed by atoms with van der Waals surface area (Å²) >= 11 is 0. The molecule has 7 heteroatoms. The van der Waals surface area contributed by atoms with Crippen LogP contribution in [-0.2, 0) is 16.1 Å². The van der Waals surface area contributed by atoms with E-state index in [1.165, 1.54) is 19.3 Å². The van der Waals surface area contributed by atoms with Gasteiger partial charge in [-0.05, 0) is 87.5 Å². The molecule has 164 valence electrons. The van der Waals surface area contributed by atoms with Gasteiger partial charge in [0, 0.05) is 12.3 Å². The molecule has 4 aliphatic rings. The molecule has 0 N–H and O–H groups in total. The average molecular weight is 424 g/mol. The number of ether oxygens (including phenoxy) is 2. The van der Waals surface area contributed by atoms with Crippen molar-refractivity contribution in [3.05, 3.63) is 41.5 Å². The number of aromatic nitrogens is 2. The van der Waals surface area contributed by atoms with Crippen LogP contribution in [0, 0.1) is 30.1 Å². The number of esters is 1. The third kappa shape index (κ3) is 3.98. The van der Waals surface area contributed by atoms with Crippen molar-refractivity contribution in [2.75, 3.05) is 0 Å². The Morgan fingerprint density at radius 2 is 1.71 bits per heavy atom. The van der Waals surface area contributed by atoms with Crippen LogP contribution in [0.25, 0.3) is 0 Å². The second-order valence-electron chi connectivity index (χ2n) is 9.65. The monoisotopic (exact) mass is 424 g/mol. The molecular formula is C24H28N2O5. The largest absolute Gasteiger partial charge is 0.485 e. The van der Waals surface area contributed by atoms with Crippen molar-refractivity contribution in [1.82, 2.24) is 10.1 Å². The van der Waals surface area contributed by atoms with Crippen molar-refractivity contribution in [2.45, 2.75) is 65.1 Å².